The van der Waals surface area contributed by atoms with Gasteiger partial charge in [-0.05, 0) is 43.0 Å². The van der Waals surface area contributed by atoms with Gasteiger partial charge < -0.3 is 20.9 Å². The van der Waals surface area contributed by atoms with Crippen molar-refractivity contribution < 1.29 is 9.13 Å². The summed E-state index contributed by atoms with van der Waals surface area (Å²) in [5, 5.41) is 8.34. The summed E-state index contributed by atoms with van der Waals surface area (Å²) in [6.45, 7) is 0.804. The molecule has 5 nitrogen and oxygen atoms in total. The monoisotopic (exact) mass is 290 g/mol. The minimum absolute atomic E-state index is 0.533. The first kappa shape index (κ1) is 15.1. The van der Waals surface area contributed by atoms with Gasteiger partial charge >= 0.3 is 0 Å². The van der Waals surface area contributed by atoms with Gasteiger partial charge in [0.1, 0.15) is 11.6 Å². The molecule has 0 heterocycles. The number of nitrogens with one attached hydrogen (secondary N) is 1. The van der Waals surface area contributed by atoms with Gasteiger partial charge in [-0.3, -0.25) is 0 Å². The summed E-state index contributed by atoms with van der Waals surface area (Å²) in [5.41, 5.74) is 7.27. The number of halogens is 1. The van der Waals surface area contributed by atoms with E-state index in [4.69, 9.17) is 21.7 Å². The third kappa shape index (κ3) is 4.61. The predicted molar refractivity (Wildman–Crippen MR) is 82.9 cm³/mol. The summed E-state index contributed by atoms with van der Waals surface area (Å²) in [7, 11) is 0. The third-order valence-corrected chi connectivity index (χ3v) is 3.14. The van der Waals surface area contributed by atoms with Crippen molar-refractivity contribution in [3.05, 3.63) is 42.4 Å². The van der Waals surface area contributed by atoms with E-state index in [1.54, 1.807) is 23.2 Å². The van der Waals surface area contributed by atoms with Crippen LogP contribution in [0, 0.1) is 11.3 Å². The lowest BCUT2D eigenvalue weighted by Gasteiger charge is -2.20. The van der Waals surface area contributed by atoms with E-state index in [2.05, 4.69) is 0 Å². The highest BCUT2D eigenvalue weighted by molar-refractivity contribution is 5.72. The van der Waals surface area contributed by atoms with Gasteiger partial charge in [-0.15, -0.1) is 0 Å². The van der Waals surface area contributed by atoms with E-state index in [9.17, 15) is 4.39 Å². The number of nitrogens with zero attached hydrogens (tertiary/aromatic N) is 1. The van der Waals surface area contributed by atoms with Crippen LogP contribution in [0.25, 0.3) is 0 Å². The van der Waals surface area contributed by atoms with Crippen LogP contribution in [0.3, 0.4) is 0 Å². The average Bonchev–Trinajstić information content (AvgIpc) is 3.27. The van der Waals surface area contributed by atoms with Gasteiger partial charge in [-0.2, -0.15) is 0 Å². The van der Waals surface area contributed by atoms with Gasteiger partial charge in [0.25, 0.3) is 0 Å². The average molecular weight is 290 g/mol. The number of anilines is 2. The molecule has 0 aromatic heterocycles. The molecule has 1 aromatic carbocycles. The quantitative estimate of drug-likeness (QED) is 0.180. The Morgan fingerprint density at radius 3 is 2.86 bits per heavy atom. The maximum absolute atomic E-state index is 12.6. The van der Waals surface area contributed by atoms with Gasteiger partial charge in [0.15, 0.2) is 0 Å². The van der Waals surface area contributed by atoms with Crippen LogP contribution >= 0.6 is 0 Å². The molecular formula is C15H19FN4O. The Kier molecular flexibility index (Phi) is 4.94. The van der Waals surface area contributed by atoms with Crippen LogP contribution in [0.2, 0.25) is 0 Å². The number of allylic oxidation sites excluding steroid dienone is 3. The maximum atomic E-state index is 12.6. The molecule has 1 fully saturated rings. The first-order valence-electron chi connectivity index (χ1n) is 6.71. The molecule has 1 aromatic rings. The molecule has 2 rings (SSSR count). The summed E-state index contributed by atoms with van der Waals surface area (Å²) in [6.07, 6.45) is 6.88. The molecule has 5 N–H and O–H groups in total. The van der Waals surface area contributed by atoms with Crippen molar-refractivity contribution in [2.45, 2.75) is 12.8 Å². The number of nitrogens with two attached hydrogens (primary N) is 2. The van der Waals surface area contributed by atoms with Crippen molar-refractivity contribution in [1.82, 2.24) is 0 Å². The van der Waals surface area contributed by atoms with Crippen molar-refractivity contribution >= 4 is 17.6 Å². The van der Waals surface area contributed by atoms with Crippen LogP contribution in [0.15, 0.2) is 42.4 Å². The predicted octanol–water partition coefficient (Wildman–Crippen LogP) is 2.75. The molecular weight excluding hydrogens is 271 g/mol. The lowest BCUT2D eigenvalue weighted by Crippen LogP contribution is -2.33. The highest BCUT2D eigenvalue weighted by atomic mass is 19.1. The fourth-order valence-corrected chi connectivity index (χ4v) is 1.84. The van der Waals surface area contributed by atoms with Crippen LogP contribution in [-0.2, 0) is 0 Å². The first-order valence-corrected chi connectivity index (χ1v) is 6.71. The summed E-state index contributed by atoms with van der Waals surface area (Å²) < 4.78 is 17.9. The van der Waals surface area contributed by atoms with E-state index in [1.807, 2.05) is 0 Å². The molecule has 0 spiro atoms. The SMILES string of the molecule is N=C/C(F)=C\C=C\Oc1ccc(N(N)CC2CC2)c(N)c1. The Labute approximate surface area is 123 Å². The van der Waals surface area contributed by atoms with Crippen LogP contribution in [0.5, 0.6) is 5.75 Å². The fraction of sp³-hybridized carbons (Fsp3) is 0.267. The number of hydrogen-bond donors (Lipinski definition) is 3. The molecule has 0 radical (unpaired) electrons. The zero-order valence-corrected chi connectivity index (χ0v) is 11.6. The Balaban J connectivity index is 1.96. The van der Waals surface area contributed by atoms with Crippen molar-refractivity contribution in [3.8, 4) is 5.75 Å². The molecule has 0 unspecified atom stereocenters. The first-order chi connectivity index (χ1) is 10.1. The Bertz CT molecular complexity index is 567. The molecule has 0 amide bonds. The van der Waals surface area contributed by atoms with Crippen molar-refractivity contribution in [2.24, 2.45) is 11.8 Å². The highest BCUT2D eigenvalue weighted by Gasteiger charge is 2.24. The van der Waals surface area contributed by atoms with Crippen LogP contribution in [0.4, 0.5) is 15.8 Å². The number of rotatable bonds is 7. The van der Waals surface area contributed by atoms with Crippen molar-refractivity contribution in [3.63, 3.8) is 0 Å². The second-order valence-corrected chi connectivity index (χ2v) is 4.96. The van der Waals surface area contributed by atoms with Gasteiger partial charge in [0, 0.05) is 12.6 Å². The largest absolute Gasteiger partial charge is 0.465 e. The molecule has 0 aliphatic heterocycles. The van der Waals surface area contributed by atoms with E-state index in [0.717, 1.165) is 18.3 Å². The maximum Gasteiger partial charge on any atom is 0.140 e. The van der Waals surface area contributed by atoms with Crippen LogP contribution in [0.1, 0.15) is 12.8 Å². The molecule has 0 saturated heterocycles. The molecule has 6 heteroatoms. The highest BCUT2D eigenvalue weighted by Crippen LogP contribution is 2.32. The number of benzene rings is 1. The molecule has 21 heavy (non-hydrogen) atoms. The number of hydrazine groups is 1. The van der Waals surface area contributed by atoms with Gasteiger partial charge in [-0.25, -0.2) is 10.2 Å². The molecule has 1 saturated carbocycles. The Morgan fingerprint density at radius 1 is 1.48 bits per heavy atom. The van der Waals surface area contributed by atoms with Crippen molar-refractivity contribution in [1.29, 1.82) is 5.41 Å². The minimum atomic E-state index is -0.649. The zero-order chi connectivity index (χ0) is 15.2. The van der Waals surface area contributed by atoms with Crippen LogP contribution < -0.4 is 21.3 Å². The van der Waals surface area contributed by atoms with E-state index in [-0.39, 0.29) is 0 Å². The number of ether oxygens (including phenoxy) is 1. The summed E-state index contributed by atoms with van der Waals surface area (Å²) in [4.78, 5) is 0. The smallest absolute Gasteiger partial charge is 0.140 e. The third-order valence-electron chi connectivity index (χ3n) is 3.14. The molecule has 0 bridgehead atoms. The summed E-state index contributed by atoms with van der Waals surface area (Å²) >= 11 is 0. The van der Waals surface area contributed by atoms with E-state index < -0.39 is 5.83 Å². The Hall–Kier alpha value is -2.34. The minimum Gasteiger partial charge on any atom is -0.465 e. The molecule has 112 valence electrons. The standard InChI is InChI=1S/C15H19FN4O/c16-12(9-17)2-1-7-21-13-5-6-15(14(18)8-13)20(19)10-11-3-4-11/h1-2,5-9,11,17H,3-4,10,18-19H2/b7-1+,12-2+,17-9?. The molecule has 1 aliphatic carbocycles. The summed E-state index contributed by atoms with van der Waals surface area (Å²) in [5.74, 6) is 6.54. The normalized spacial score (nSPS) is 15.2. The van der Waals surface area contributed by atoms with E-state index in [0.29, 0.717) is 23.6 Å². The van der Waals surface area contributed by atoms with Gasteiger partial charge in [0.05, 0.1) is 23.9 Å². The second-order valence-electron chi connectivity index (χ2n) is 4.96. The summed E-state index contributed by atoms with van der Waals surface area (Å²) in [6, 6.07) is 5.22. The van der Waals surface area contributed by atoms with Crippen molar-refractivity contribution in [2.75, 3.05) is 17.3 Å². The van der Waals surface area contributed by atoms with Gasteiger partial charge in [0.2, 0.25) is 0 Å². The number of hydrogen-bond acceptors (Lipinski definition) is 5. The lowest BCUT2D eigenvalue weighted by molar-refractivity contribution is 0.481. The fourth-order valence-electron chi connectivity index (χ4n) is 1.84. The molecule has 1 aliphatic rings. The topological polar surface area (TPSA) is 88.4 Å². The van der Waals surface area contributed by atoms with E-state index in [1.165, 1.54) is 25.2 Å². The second kappa shape index (κ2) is 6.90. The lowest BCUT2D eigenvalue weighted by atomic mass is 10.2. The van der Waals surface area contributed by atoms with Crippen LogP contribution in [-0.4, -0.2) is 12.8 Å². The number of nitrogen functional groups attached to an aromatic ring is 1. The Morgan fingerprint density at radius 2 is 2.24 bits per heavy atom. The van der Waals surface area contributed by atoms with E-state index >= 15 is 0 Å². The molecule has 0 atom stereocenters. The van der Waals surface area contributed by atoms with Gasteiger partial charge in [-0.1, -0.05) is 0 Å². The zero-order valence-electron chi connectivity index (χ0n) is 11.6.